The molecule has 2 aliphatic carbocycles. The highest BCUT2D eigenvalue weighted by Gasteiger charge is 2.40. The molecule has 3 aliphatic rings. The van der Waals surface area contributed by atoms with Crippen molar-refractivity contribution in [1.82, 2.24) is 9.78 Å². The Balaban J connectivity index is 1.89. The number of hydrogen-bond acceptors (Lipinski definition) is 5. The molecule has 2 heterocycles. The minimum Gasteiger partial charge on any atom is -0.444 e. The molecule has 0 bridgehead atoms. The van der Waals surface area contributed by atoms with Gasteiger partial charge in [0.05, 0.1) is 23.3 Å². The number of Topliss-reactive ketones (excluding diaryl/α,β-unsaturated/α-hetero) is 1. The van der Waals surface area contributed by atoms with E-state index in [2.05, 4.69) is 6.07 Å². The summed E-state index contributed by atoms with van der Waals surface area (Å²) in [5.41, 5.74) is 8.77. The number of hydrogen-bond donors (Lipinski definition) is 1. The van der Waals surface area contributed by atoms with Gasteiger partial charge in [0.1, 0.15) is 17.4 Å². The molecule has 1 aromatic heterocycles. The van der Waals surface area contributed by atoms with E-state index in [1.54, 1.807) is 0 Å². The summed E-state index contributed by atoms with van der Waals surface area (Å²) in [6, 6.07) is 4.51. The van der Waals surface area contributed by atoms with E-state index in [4.69, 9.17) is 15.6 Å². The van der Waals surface area contributed by atoms with Crippen molar-refractivity contribution in [1.29, 1.82) is 5.26 Å². The fourth-order valence-electron chi connectivity index (χ4n) is 4.35. The number of nitriles is 1. The van der Waals surface area contributed by atoms with Crippen LogP contribution < -0.4 is 5.73 Å². The monoisotopic (exact) mass is 338 g/mol. The highest BCUT2D eigenvalue weighted by atomic mass is 16.5. The summed E-state index contributed by atoms with van der Waals surface area (Å²) in [4.78, 5) is 12.7. The van der Waals surface area contributed by atoms with Crippen molar-refractivity contribution < 1.29 is 9.53 Å². The molecular weight excluding hydrogens is 316 g/mol. The second-order valence-corrected chi connectivity index (χ2v) is 7.13. The molecule has 0 radical (unpaired) electrons. The number of carbonyl (C=O) groups is 1. The number of aromatic nitrogens is 2. The summed E-state index contributed by atoms with van der Waals surface area (Å²) in [7, 11) is 0. The molecule has 0 amide bonds. The minimum absolute atomic E-state index is 0.0586. The van der Waals surface area contributed by atoms with Crippen molar-refractivity contribution in [2.75, 3.05) is 0 Å². The van der Waals surface area contributed by atoms with Gasteiger partial charge in [-0.05, 0) is 32.3 Å². The van der Waals surface area contributed by atoms with E-state index in [0.717, 1.165) is 30.7 Å². The topological polar surface area (TPSA) is 93.9 Å². The molecule has 2 N–H and O–H groups in total. The molecule has 130 valence electrons. The van der Waals surface area contributed by atoms with Crippen LogP contribution in [0, 0.1) is 18.3 Å². The van der Waals surface area contributed by atoms with Crippen LogP contribution in [0.2, 0.25) is 0 Å². The molecule has 6 nitrogen and oxygen atoms in total. The van der Waals surface area contributed by atoms with E-state index >= 15 is 0 Å². The lowest BCUT2D eigenvalue weighted by atomic mass is 9.79. The maximum absolute atomic E-state index is 12.7. The third-order valence-corrected chi connectivity index (χ3v) is 5.46. The third kappa shape index (κ3) is 2.55. The van der Waals surface area contributed by atoms with E-state index in [9.17, 15) is 10.1 Å². The molecule has 1 saturated carbocycles. The Kier molecular flexibility index (Phi) is 3.87. The van der Waals surface area contributed by atoms with Crippen molar-refractivity contribution >= 4 is 5.78 Å². The molecule has 25 heavy (non-hydrogen) atoms. The Morgan fingerprint density at radius 1 is 1.32 bits per heavy atom. The fraction of sp³-hybridized carbons (Fsp3) is 0.526. The highest BCUT2D eigenvalue weighted by molar-refractivity contribution is 5.99. The summed E-state index contributed by atoms with van der Waals surface area (Å²) in [5, 5.41) is 14.4. The standard InChI is InChI=1S/C19H22N4O2/c1-11-9-14(23(22-11)12-5-2-3-6-12)17-13(10-20)19(21)25-16-8-4-7-15(24)18(16)17/h9,12,17H,2-8,21H2,1H3. The van der Waals surface area contributed by atoms with Crippen molar-refractivity contribution in [3.63, 3.8) is 0 Å². The van der Waals surface area contributed by atoms with Crippen LogP contribution in [0.15, 0.2) is 28.9 Å². The Morgan fingerprint density at radius 2 is 2.08 bits per heavy atom. The van der Waals surface area contributed by atoms with Crippen molar-refractivity contribution in [3.8, 4) is 6.07 Å². The van der Waals surface area contributed by atoms with Crippen molar-refractivity contribution in [3.05, 3.63) is 40.2 Å². The van der Waals surface area contributed by atoms with Crippen LogP contribution in [0.3, 0.4) is 0 Å². The first kappa shape index (κ1) is 15.9. The van der Waals surface area contributed by atoms with E-state index in [-0.39, 0.29) is 11.7 Å². The molecule has 1 atom stereocenters. The number of nitrogens with zero attached hydrogens (tertiary/aromatic N) is 3. The van der Waals surface area contributed by atoms with Gasteiger partial charge < -0.3 is 10.5 Å². The second-order valence-electron chi connectivity index (χ2n) is 7.13. The summed E-state index contributed by atoms with van der Waals surface area (Å²) in [6.45, 7) is 1.95. The van der Waals surface area contributed by atoms with Crippen LogP contribution in [0.4, 0.5) is 0 Å². The Morgan fingerprint density at radius 3 is 2.80 bits per heavy atom. The third-order valence-electron chi connectivity index (χ3n) is 5.46. The summed E-state index contributed by atoms with van der Waals surface area (Å²) >= 11 is 0. The smallest absolute Gasteiger partial charge is 0.205 e. The van der Waals surface area contributed by atoms with Crippen LogP contribution >= 0.6 is 0 Å². The zero-order valence-corrected chi connectivity index (χ0v) is 14.4. The van der Waals surface area contributed by atoms with E-state index < -0.39 is 5.92 Å². The number of ether oxygens (including phenoxy) is 1. The second kappa shape index (κ2) is 6.07. The van der Waals surface area contributed by atoms with Gasteiger partial charge >= 0.3 is 0 Å². The lowest BCUT2D eigenvalue weighted by Gasteiger charge is -2.31. The van der Waals surface area contributed by atoms with Gasteiger partial charge in [0.25, 0.3) is 0 Å². The van der Waals surface area contributed by atoms with Gasteiger partial charge in [0, 0.05) is 18.4 Å². The number of allylic oxidation sites excluding steroid dienone is 3. The number of rotatable bonds is 2. The first-order chi connectivity index (χ1) is 12.1. The minimum atomic E-state index is -0.455. The predicted molar refractivity (Wildman–Crippen MR) is 91.0 cm³/mol. The number of aryl methyl sites for hydroxylation is 1. The zero-order chi connectivity index (χ0) is 17.6. The van der Waals surface area contributed by atoms with Gasteiger partial charge in [0.15, 0.2) is 5.78 Å². The first-order valence-electron chi connectivity index (χ1n) is 9.00. The Bertz CT molecular complexity index is 834. The maximum Gasteiger partial charge on any atom is 0.205 e. The summed E-state index contributed by atoms with van der Waals surface area (Å²) in [6.07, 6.45) is 6.48. The Hall–Kier alpha value is -2.55. The highest BCUT2D eigenvalue weighted by Crippen LogP contribution is 2.45. The molecule has 1 aromatic rings. The molecule has 4 rings (SSSR count). The van der Waals surface area contributed by atoms with Gasteiger partial charge in [-0.3, -0.25) is 9.48 Å². The molecule has 1 unspecified atom stereocenters. The summed E-state index contributed by atoms with van der Waals surface area (Å²) < 4.78 is 7.69. The van der Waals surface area contributed by atoms with E-state index in [1.165, 1.54) is 12.8 Å². The van der Waals surface area contributed by atoms with Crippen LogP contribution in [0.5, 0.6) is 0 Å². The molecule has 1 fully saturated rings. The van der Waals surface area contributed by atoms with Gasteiger partial charge in [-0.2, -0.15) is 10.4 Å². The fourth-order valence-corrected chi connectivity index (χ4v) is 4.35. The molecule has 1 aliphatic heterocycles. The zero-order valence-electron chi connectivity index (χ0n) is 14.4. The van der Waals surface area contributed by atoms with E-state index in [1.807, 2.05) is 17.7 Å². The molecule has 0 spiro atoms. The number of nitrogens with two attached hydrogens (primary N) is 1. The number of ketones is 1. The van der Waals surface area contributed by atoms with Crippen LogP contribution in [0.25, 0.3) is 0 Å². The van der Waals surface area contributed by atoms with Gasteiger partial charge in [-0.15, -0.1) is 0 Å². The lowest BCUT2D eigenvalue weighted by Crippen LogP contribution is -2.29. The predicted octanol–water partition coefficient (Wildman–Crippen LogP) is 3.12. The van der Waals surface area contributed by atoms with Gasteiger partial charge in [-0.1, -0.05) is 12.8 Å². The average molecular weight is 338 g/mol. The Labute approximate surface area is 146 Å². The normalized spacial score (nSPS) is 24.3. The average Bonchev–Trinajstić information content (AvgIpc) is 3.23. The van der Waals surface area contributed by atoms with Gasteiger partial charge in [0.2, 0.25) is 5.88 Å². The molecule has 0 saturated heterocycles. The quantitative estimate of drug-likeness (QED) is 0.894. The van der Waals surface area contributed by atoms with Crippen molar-refractivity contribution in [2.45, 2.75) is 63.8 Å². The van der Waals surface area contributed by atoms with E-state index in [0.29, 0.717) is 35.8 Å². The van der Waals surface area contributed by atoms with Crippen LogP contribution in [0.1, 0.15) is 68.3 Å². The largest absolute Gasteiger partial charge is 0.444 e. The molecule has 0 aromatic carbocycles. The summed E-state index contributed by atoms with van der Waals surface area (Å²) in [5.74, 6) is 0.360. The van der Waals surface area contributed by atoms with Gasteiger partial charge in [-0.25, -0.2) is 0 Å². The molecule has 6 heteroatoms. The SMILES string of the molecule is Cc1cc(C2C(C#N)=C(N)OC3=C2C(=O)CCC3)n(C2CCCC2)n1. The first-order valence-corrected chi connectivity index (χ1v) is 9.00. The maximum atomic E-state index is 12.7. The van der Waals surface area contributed by atoms with Crippen molar-refractivity contribution in [2.24, 2.45) is 5.73 Å². The lowest BCUT2D eigenvalue weighted by molar-refractivity contribution is -0.116. The number of carbonyl (C=O) groups excluding carboxylic acids is 1. The van der Waals surface area contributed by atoms with Crippen LogP contribution in [-0.4, -0.2) is 15.6 Å². The molecular formula is C19H22N4O2. The van der Waals surface area contributed by atoms with Crippen LogP contribution in [-0.2, 0) is 9.53 Å².